The number of alkyl halides is 2. The van der Waals surface area contributed by atoms with Gasteiger partial charge in [-0.25, -0.2) is 18.4 Å². The van der Waals surface area contributed by atoms with Crippen LogP contribution in [0.3, 0.4) is 0 Å². The van der Waals surface area contributed by atoms with Crippen molar-refractivity contribution in [1.82, 2.24) is 30.7 Å². The number of likely N-dealkylation sites (tertiary alicyclic amines) is 1. The number of carboxylic acid groups (broad SMARTS) is 1. The van der Waals surface area contributed by atoms with Crippen molar-refractivity contribution < 1.29 is 57.2 Å². The molecular formula is C33H43F2N7O10. The number of hydrogen-bond acceptors (Lipinski definition) is 10. The van der Waals surface area contributed by atoms with Gasteiger partial charge in [-0.1, -0.05) is 12.1 Å². The van der Waals surface area contributed by atoms with E-state index in [0.29, 0.717) is 5.56 Å². The molecular weight excluding hydrogens is 692 g/mol. The SMILES string of the molecule is N#C[C@@H]1CC(F)(F)CN1C(=O)[C@@H]1C[C@@H](CC(=O)N2CCN(C(=O)NCCOCCOCCC(=O)N[C@@H](Cc3ccc(O)cc3)C(=O)O)CC2)C(=O)N1. The van der Waals surface area contributed by atoms with Gasteiger partial charge in [0.1, 0.15) is 23.9 Å². The first-order chi connectivity index (χ1) is 24.8. The predicted molar refractivity (Wildman–Crippen MR) is 175 cm³/mol. The lowest BCUT2D eigenvalue weighted by atomic mass is 9.99. The topological polar surface area (TPSA) is 231 Å². The molecule has 1 aromatic rings. The molecule has 0 radical (unpaired) electrons. The number of rotatable bonds is 16. The van der Waals surface area contributed by atoms with Gasteiger partial charge in [-0.2, -0.15) is 5.26 Å². The Morgan fingerprint density at radius 3 is 2.33 bits per heavy atom. The van der Waals surface area contributed by atoms with Crippen molar-refractivity contribution >= 4 is 35.6 Å². The van der Waals surface area contributed by atoms with Crippen LogP contribution in [0.25, 0.3) is 0 Å². The second-order valence-corrected chi connectivity index (χ2v) is 12.8. The maximum atomic E-state index is 13.8. The number of aliphatic carboxylic acids is 1. The van der Waals surface area contributed by atoms with Crippen LogP contribution < -0.4 is 16.0 Å². The highest BCUT2D eigenvalue weighted by Crippen LogP contribution is 2.33. The first kappa shape index (κ1) is 39.7. The molecule has 4 rings (SSSR count). The summed E-state index contributed by atoms with van der Waals surface area (Å²) >= 11 is 0. The molecule has 52 heavy (non-hydrogen) atoms. The van der Waals surface area contributed by atoms with Crippen LogP contribution in [0.2, 0.25) is 0 Å². The average Bonchev–Trinajstić information content (AvgIpc) is 3.64. The molecule has 19 heteroatoms. The van der Waals surface area contributed by atoms with E-state index in [9.17, 15) is 53.0 Å². The van der Waals surface area contributed by atoms with Crippen LogP contribution in [0.1, 0.15) is 31.2 Å². The fourth-order valence-corrected chi connectivity index (χ4v) is 6.10. The lowest BCUT2D eigenvalue weighted by Crippen LogP contribution is -2.53. The molecule has 0 bridgehead atoms. The van der Waals surface area contributed by atoms with Crippen molar-refractivity contribution in [3.05, 3.63) is 29.8 Å². The maximum absolute atomic E-state index is 13.8. The summed E-state index contributed by atoms with van der Waals surface area (Å²) in [6.07, 6.45) is -0.986. The van der Waals surface area contributed by atoms with Gasteiger partial charge in [-0.3, -0.25) is 19.2 Å². The van der Waals surface area contributed by atoms with Gasteiger partial charge in [0.25, 0.3) is 5.92 Å². The average molecular weight is 736 g/mol. The van der Waals surface area contributed by atoms with Crippen LogP contribution in [0.4, 0.5) is 13.6 Å². The zero-order chi connectivity index (χ0) is 37.8. The minimum atomic E-state index is -3.18. The normalized spacial score (nSPS) is 21.6. The highest BCUT2D eigenvalue weighted by molar-refractivity contribution is 5.94. The third-order valence-corrected chi connectivity index (χ3v) is 8.93. The summed E-state index contributed by atoms with van der Waals surface area (Å²) in [5.41, 5.74) is 0.640. The van der Waals surface area contributed by atoms with E-state index in [0.717, 1.165) is 4.90 Å². The Morgan fingerprint density at radius 1 is 1.02 bits per heavy atom. The van der Waals surface area contributed by atoms with Crippen molar-refractivity contribution in [2.24, 2.45) is 5.92 Å². The molecule has 0 saturated carbocycles. The molecule has 0 spiro atoms. The van der Waals surface area contributed by atoms with Crippen molar-refractivity contribution in [3.8, 4) is 11.8 Å². The number of urea groups is 1. The number of benzene rings is 1. The number of carbonyl (C=O) groups excluding carboxylic acids is 5. The van der Waals surface area contributed by atoms with E-state index in [1.807, 2.05) is 0 Å². The molecule has 6 amide bonds. The Balaban J connectivity index is 1.03. The van der Waals surface area contributed by atoms with E-state index in [2.05, 4.69) is 16.0 Å². The lowest BCUT2D eigenvalue weighted by Gasteiger charge is -2.35. The summed E-state index contributed by atoms with van der Waals surface area (Å²) in [4.78, 5) is 78.3. The van der Waals surface area contributed by atoms with Crippen molar-refractivity contribution in [1.29, 1.82) is 5.26 Å². The molecule has 3 heterocycles. The minimum absolute atomic E-state index is 0.0455. The molecule has 3 saturated heterocycles. The van der Waals surface area contributed by atoms with Gasteiger partial charge in [-0.05, 0) is 24.1 Å². The number of aromatic hydroxyl groups is 1. The molecule has 3 aliphatic rings. The molecule has 4 atom stereocenters. The van der Waals surface area contributed by atoms with Gasteiger partial charge >= 0.3 is 12.0 Å². The van der Waals surface area contributed by atoms with Gasteiger partial charge in [0.15, 0.2) is 0 Å². The third-order valence-electron chi connectivity index (χ3n) is 8.93. The van der Waals surface area contributed by atoms with Gasteiger partial charge in [-0.15, -0.1) is 0 Å². The van der Waals surface area contributed by atoms with Gasteiger partial charge in [0.2, 0.25) is 23.6 Å². The van der Waals surface area contributed by atoms with Gasteiger partial charge < -0.3 is 50.3 Å². The first-order valence-electron chi connectivity index (χ1n) is 16.9. The summed E-state index contributed by atoms with van der Waals surface area (Å²) < 4.78 is 38.4. The molecule has 17 nitrogen and oxygen atoms in total. The van der Waals surface area contributed by atoms with E-state index >= 15 is 0 Å². The van der Waals surface area contributed by atoms with E-state index < -0.39 is 66.6 Å². The highest BCUT2D eigenvalue weighted by atomic mass is 19.3. The summed E-state index contributed by atoms with van der Waals surface area (Å²) in [5.74, 6) is -7.26. The monoisotopic (exact) mass is 735 g/mol. The molecule has 0 aromatic heterocycles. The van der Waals surface area contributed by atoms with E-state index in [1.54, 1.807) is 18.2 Å². The molecule has 284 valence electrons. The Bertz CT molecular complexity index is 1500. The van der Waals surface area contributed by atoms with Gasteiger partial charge in [0.05, 0.1) is 39.0 Å². The standard InChI is InChI=1S/C33H43F2N7O10/c34-33(35)18-23(19-36)42(20-33)30(47)25-16-22(29(46)39-25)17-28(45)40-7-9-41(10-8-40)32(50)37-6-12-52-14-13-51-11-5-27(44)38-26(31(48)49)15-21-1-3-24(43)4-2-21/h1-4,22-23,25-26,43H,5-18,20H2,(H,37,50)(H,38,44)(H,39,46)(H,48,49)/t22-,23-,25-,26-/m0/s1. The molecule has 3 aliphatic heterocycles. The zero-order valence-corrected chi connectivity index (χ0v) is 28.4. The second-order valence-electron chi connectivity index (χ2n) is 12.8. The number of carbonyl (C=O) groups is 6. The smallest absolute Gasteiger partial charge is 0.326 e. The van der Waals surface area contributed by atoms with Crippen LogP contribution in [0, 0.1) is 17.2 Å². The number of phenolic OH excluding ortho intramolecular Hbond substituents is 1. The Morgan fingerprint density at radius 2 is 1.67 bits per heavy atom. The molecule has 1 aromatic carbocycles. The quantitative estimate of drug-likeness (QED) is 0.135. The molecule has 3 fully saturated rings. The Hall–Kier alpha value is -5.09. The number of nitriles is 1. The zero-order valence-electron chi connectivity index (χ0n) is 28.4. The van der Waals surface area contributed by atoms with Crippen LogP contribution in [-0.2, 0) is 39.9 Å². The second kappa shape index (κ2) is 18.4. The van der Waals surface area contributed by atoms with Crippen molar-refractivity contribution in [2.45, 2.75) is 56.2 Å². The minimum Gasteiger partial charge on any atom is -0.508 e. The Labute approximate surface area is 298 Å². The van der Waals surface area contributed by atoms with Crippen LogP contribution in [-0.4, -0.2) is 150 Å². The van der Waals surface area contributed by atoms with Crippen LogP contribution in [0.15, 0.2) is 24.3 Å². The number of halogens is 2. The third kappa shape index (κ3) is 11.5. The number of ether oxygens (including phenoxy) is 2. The summed E-state index contributed by atoms with van der Waals surface area (Å²) in [7, 11) is 0. The number of phenols is 1. The fourth-order valence-electron chi connectivity index (χ4n) is 6.10. The number of piperazine rings is 1. The maximum Gasteiger partial charge on any atom is 0.326 e. The number of nitrogens with zero attached hydrogens (tertiary/aromatic N) is 4. The summed E-state index contributed by atoms with van der Waals surface area (Å²) in [6, 6.07) is 3.87. The number of carboxylic acids is 1. The predicted octanol–water partition coefficient (Wildman–Crippen LogP) is -0.564. The van der Waals surface area contributed by atoms with Crippen molar-refractivity contribution in [2.75, 3.05) is 65.7 Å². The summed E-state index contributed by atoms with van der Waals surface area (Å²) in [6.45, 7) is 0.885. The molecule has 0 aliphatic carbocycles. The fraction of sp³-hybridized carbons (Fsp3) is 0.606. The van der Waals surface area contributed by atoms with E-state index in [4.69, 9.17) is 9.47 Å². The number of amides is 6. The molecule has 0 unspecified atom stereocenters. The highest BCUT2D eigenvalue weighted by Gasteiger charge is 2.50. The lowest BCUT2D eigenvalue weighted by molar-refractivity contribution is -0.142. The largest absolute Gasteiger partial charge is 0.508 e. The van der Waals surface area contributed by atoms with E-state index in [1.165, 1.54) is 21.9 Å². The van der Waals surface area contributed by atoms with E-state index in [-0.39, 0.29) is 103 Å². The van der Waals surface area contributed by atoms with Crippen LogP contribution >= 0.6 is 0 Å². The summed E-state index contributed by atoms with van der Waals surface area (Å²) in [5, 5.41) is 35.6. The first-order valence-corrected chi connectivity index (χ1v) is 16.9. The van der Waals surface area contributed by atoms with Crippen molar-refractivity contribution in [3.63, 3.8) is 0 Å². The number of hydrogen-bond donors (Lipinski definition) is 5. The Kier molecular flexibility index (Phi) is 14.1. The number of nitrogens with one attached hydrogen (secondary N) is 3. The van der Waals surface area contributed by atoms with Gasteiger partial charge in [0, 0.05) is 64.3 Å². The molecule has 5 N–H and O–H groups in total. The van der Waals surface area contributed by atoms with Crippen LogP contribution in [0.5, 0.6) is 5.75 Å².